The quantitative estimate of drug-likeness (QED) is 0.836. The molecule has 0 amide bonds. The van der Waals surface area contributed by atoms with Crippen LogP contribution in [-0.2, 0) is 6.42 Å². The molecule has 2 nitrogen and oxygen atoms in total. The van der Waals surface area contributed by atoms with Crippen molar-refractivity contribution in [3.05, 3.63) is 35.4 Å². The number of nitrogens with one attached hydrogen (secondary N) is 1. The van der Waals surface area contributed by atoms with Gasteiger partial charge in [-0.3, -0.25) is 0 Å². The highest BCUT2D eigenvalue weighted by molar-refractivity contribution is 5.22. The van der Waals surface area contributed by atoms with E-state index in [1.165, 1.54) is 11.1 Å². The van der Waals surface area contributed by atoms with Crippen LogP contribution >= 0.6 is 0 Å². The largest absolute Gasteiger partial charge is 0.393 e. The molecule has 1 unspecified atom stereocenters. The maximum Gasteiger partial charge on any atom is 0.0572 e. The lowest BCUT2D eigenvalue weighted by Crippen LogP contribution is -2.34. The van der Waals surface area contributed by atoms with E-state index in [2.05, 4.69) is 36.5 Å². The van der Waals surface area contributed by atoms with E-state index in [0.717, 1.165) is 38.8 Å². The van der Waals surface area contributed by atoms with E-state index in [9.17, 15) is 5.11 Å². The fourth-order valence-electron chi connectivity index (χ4n) is 2.65. The van der Waals surface area contributed by atoms with Crippen LogP contribution in [0.25, 0.3) is 0 Å². The van der Waals surface area contributed by atoms with Gasteiger partial charge >= 0.3 is 0 Å². The number of aliphatic hydroxyl groups excluding tert-OH is 1. The molecule has 2 rings (SSSR count). The molecule has 1 aromatic carbocycles. The van der Waals surface area contributed by atoms with Gasteiger partial charge in [-0.1, -0.05) is 29.8 Å². The van der Waals surface area contributed by atoms with E-state index in [0.29, 0.717) is 5.92 Å². The summed E-state index contributed by atoms with van der Waals surface area (Å²) >= 11 is 0. The summed E-state index contributed by atoms with van der Waals surface area (Å²) < 4.78 is 0. The summed E-state index contributed by atoms with van der Waals surface area (Å²) in [6.07, 6.45) is 4.00. The molecule has 1 heterocycles. The molecule has 2 N–H and O–H groups in total. The van der Waals surface area contributed by atoms with Crippen molar-refractivity contribution in [3.63, 3.8) is 0 Å². The van der Waals surface area contributed by atoms with Gasteiger partial charge in [-0.15, -0.1) is 0 Å². The van der Waals surface area contributed by atoms with Gasteiger partial charge in [0.15, 0.2) is 0 Å². The molecule has 94 valence electrons. The molecule has 0 bridgehead atoms. The zero-order valence-electron chi connectivity index (χ0n) is 10.7. The van der Waals surface area contributed by atoms with Crippen molar-refractivity contribution in [1.82, 2.24) is 5.32 Å². The van der Waals surface area contributed by atoms with Gasteiger partial charge in [0.25, 0.3) is 0 Å². The van der Waals surface area contributed by atoms with Gasteiger partial charge in [-0.25, -0.2) is 0 Å². The van der Waals surface area contributed by atoms with Crippen molar-refractivity contribution in [2.75, 3.05) is 13.1 Å². The van der Waals surface area contributed by atoms with E-state index in [4.69, 9.17) is 0 Å². The maximum absolute atomic E-state index is 10.2. The van der Waals surface area contributed by atoms with Crippen LogP contribution in [0.3, 0.4) is 0 Å². The van der Waals surface area contributed by atoms with Gasteiger partial charge in [0.2, 0.25) is 0 Å². The van der Waals surface area contributed by atoms with Crippen LogP contribution in [-0.4, -0.2) is 24.3 Å². The molecule has 0 aliphatic carbocycles. The van der Waals surface area contributed by atoms with Gasteiger partial charge in [0.05, 0.1) is 6.10 Å². The molecular formula is C15H23NO. The maximum atomic E-state index is 10.2. The van der Waals surface area contributed by atoms with Crippen molar-refractivity contribution >= 4 is 0 Å². The van der Waals surface area contributed by atoms with E-state index < -0.39 is 0 Å². The van der Waals surface area contributed by atoms with Gasteiger partial charge in [-0.05, 0) is 57.2 Å². The predicted octanol–water partition coefficient (Wildman–Crippen LogP) is 2.29. The molecule has 0 saturated carbocycles. The summed E-state index contributed by atoms with van der Waals surface area (Å²) in [5.74, 6) is 0.501. The van der Waals surface area contributed by atoms with E-state index in [-0.39, 0.29) is 6.10 Å². The third-order valence-corrected chi connectivity index (χ3v) is 3.74. The van der Waals surface area contributed by atoms with E-state index in [1.807, 2.05) is 0 Å². The van der Waals surface area contributed by atoms with Crippen molar-refractivity contribution < 1.29 is 5.11 Å². The Hall–Kier alpha value is -0.860. The van der Waals surface area contributed by atoms with Crippen molar-refractivity contribution in [2.45, 2.75) is 38.7 Å². The highest BCUT2D eigenvalue weighted by Gasteiger charge is 2.20. The van der Waals surface area contributed by atoms with E-state index in [1.54, 1.807) is 0 Å². The second-order valence-corrected chi connectivity index (χ2v) is 5.18. The van der Waals surface area contributed by atoms with Gasteiger partial charge in [-0.2, -0.15) is 0 Å². The van der Waals surface area contributed by atoms with Crippen LogP contribution < -0.4 is 5.32 Å². The third-order valence-electron chi connectivity index (χ3n) is 3.74. The van der Waals surface area contributed by atoms with Crippen molar-refractivity contribution in [3.8, 4) is 0 Å². The summed E-state index contributed by atoms with van der Waals surface area (Å²) in [5, 5.41) is 13.5. The van der Waals surface area contributed by atoms with Gasteiger partial charge in [0.1, 0.15) is 0 Å². The third kappa shape index (κ3) is 3.83. The number of aliphatic hydroxyl groups is 1. The molecule has 0 aromatic heterocycles. The molecule has 2 heteroatoms. The van der Waals surface area contributed by atoms with Crippen LogP contribution in [0.4, 0.5) is 0 Å². The van der Waals surface area contributed by atoms with Gasteiger partial charge < -0.3 is 10.4 Å². The molecular weight excluding hydrogens is 210 g/mol. The first kappa shape index (κ1) is 12.6. The SMILES string of the molecule is Cc1cccc(CCC(O)C2CCNCC2)c1. The minimum absolute atomic E-state index is 0.127. The standard InChI is InChI=1S/C15H23NO/c1-12-3-2-4-13(11-12)5-6-15(17)14-7-9-16-10-8-14/h2-4,11,14-17H,5-10H2,1H3. The average molecular weight is 233 g/mol. The van der Waals surface area contributed by atoms with Crippen molar-refractivity contribution in [2.24, 2.45) is 5.92 Å². The van der Waals surface area contributed by atoms with Crippen LogP contribution in [0.1, 0.15) is 30.4 Å². The Morgan fingerprint density at radius 2 is 2.12 bits per heavy atom. The molecule has 1 aliphatic rings. The lowest BCUT2D eigenvalue weighted by molar-refractivity contribution is 0.0813. The summed E-state index contributed by atoms with van der Waals surface area (Å²) in [5.41, 5.74) is 2.65. The van der Waals surface area contributed by atoms with Crippen molar-refractivity contribution in [1.29, 1.82) is 0 Å². The zero-order valence-corrected chi connectivity index (χ0v) is 10.7. The molecule has 1 atom stereocenters. The summed E-state index contributed by atoms with van der Waals surface area (Å²) in [4.78, 5) is 0. The van der Waals surface area contributed by atoms with Crippen LogP contribution in [0, 0.1) is 12.8 Å². The molecule has 1 fully saturated rings. The van der Waals surface area contributed by atoms with Crippen LogP contribution in [0.2, 0.25) is 0 Å². The lowest BCUT2D eigenvalue weighted by atomic mass is 9.89. The molecule has 0 radical (unpaired) electrons. The number of hydrogen-bond acceptors (Lipinski definition) is 2. The molecule has 17 heavy (non-hydrogen) atoms. The highest BCUT2D eigenvalue weighted by Crippen LogP contribution is 2.20. The molecule has 1 saturated heterocycles. The van der Waals surface area contributed by atoms with Crippen LogP contribution in [0.15, 0.2) is 24.3 Å². The minimum Gasteiger partial charge on any atom is -0.393 e. The molecule has 1 aliphatic heterocycles. The van der Waals surface area contributed by atoms with Crippen LogP contribution in [0.5, 0.6) is 0 Å². The summed E-state index contributed by atoms with van der Waals surface area (Å²) in [6, 6.07) is 8.59. The highest BCUT2D eigenvalue weighted by atomic mass is 16.3. The Morgan fingerprint density at radius 3 is 2.82 bits per heavy atom. The Labute approximate surface area is 104 Å². The average Bonchev–Trinajstić information content (AvgIpc) is 2.37. The monoisotopic (exact) mass is 233 g/mol. The number of piperidine rings is 1. The zero-order chi connectivity index (χ0) is 12.1. The number of rotatable bonds is 4. The Balaban J connectivity index is 1.80. The lowest BCUT2D eigenvalue weighted by Gasteiger charge is -2.27. The normalized spacial score (nSPS) is 19.2. The fraction of sp³-hybridized carbons (Fsp3) is 0.600. The Kier molecular flexibility index (Phi) is 4.57. The number of hydrogen-bond donors (Lipinski definition) is 2. The first-order valence-corrected chi connectivity index (χ1v) is 6.70. The molecule has 1 aromatic rings. The minimum atomic E-state index is -0.127. The molecule has 0 spiro atoms. The predicted molar refractivity (Wildman–Crippen MR) is 71.1 cm³/mol. The smallest absolute Gasteiger partial charge is 0.0572 e. The first-order chi connectivity index (χ1) is 8.25. The topological polar surface area (TPSA) is 32.3 Å². The second-order valence-electron chi connectivity index (χ2n) is 5.18. The van der Waals surface area contributed by atoms with E-state index >= 15 is 0 Å². The Morgan fingerprint density at radius 1 is 1.35 bits per heavy atom. The number of aryl methyl sites for hydroxylation is 2. The first-order valence-electron chi connectivity index (χ1n) is 6.70. The summed E-state index contributed by atoms with van der Waals surface area (Å²) in [6.45, 7) is 4.24. The van der Waals surface area contributed by atoms with Gasteiger partial charge in [0, 0.05) is 0 Å². The Bertz CT molecular complexity index is 345. The second kappa shape index (κ2) is 6.18. The fourth-order valence-corrected chi connectivity index (χ4v) is 2.65. The summed E-state index contributed by atoms with van der Waals surface area (Å²) in [7, 11) is 0. The number of benzene rings is 1.